The average molecular weight is 169 g/mol. The molecule has 0 unspecified atom stereocenters. The Kier molecular flexibility index (Phi) is 2.94. The van der Waals surface area contributed by atoms with Crippen molar-refractivity contribution in [3.05, 3.63) is 0 Å². The third-order valence-electron chi connectivity index (χ3n) is 1.83. The van der Waals surface area contributed by atoms with Crippen molar-refractivity contribution in [3.8, 4) is 12.3 Å². The third kappa shape index (κ3) is 1.89. The van der Waals surface area contributed by atoms with Gasteiger partial charge in [-0.15, -0.1) is 12.3 Å². The van der Waals surface area contributed by atoms with Crippen LogP contribution in [0.15, 0.2) is 0 Å². The fourth-order valence-corrected chi connectivity index (χ4v) is 1.21. The minimum atomic E-state index is -0.918. The highest BCUT2D eigenvalue weighted by atomic mass is 16.5. The molecule has 66 valence electrons. The molecule has 1 atom stereocenters. The second-order valence-electron chi connectivity index (χ2n) is 2.61. The molecule has 1 amide bonds. The lowest BCUT2D eigenvalue weighted by molar-refractivity contribution is 0.00183. The molecule has 1 heterocycles. The van der Waals surface area contributed by atoms with Gasteiger partial charge in [0.1, 0.15) is 0 Å². The third-order valence-corrected chi connectivity index (χ3v) is 1.83. The summed E-state index contributed by atoms with van der Waals surface area (Å²) in [5.41, 5.74) is 0. The highest BCUT2D eigenvalue weighted by molar-refractivity contribution is 5.65. The first-order chi connectivity index (χ1) is 5.75. The van der Waals surface area contributed by atoms with Gasteiger partial charge in [0.05, 0.1) is 19.3 Å². The molecule has 12 heavy (non-hydrogen) atoms. The monoisotopic (exact) mass is 169 g/mol. The maximum atomic E-state index is 10.6. The zero-order valence-electron chi connectivity index (χ0n) is 6.69. The number of ether oxygens (including phenoxy) is 1. The van der Waals surface area contributed by atoms with Crippen LogP contribution in [0.5, 0.6) is 0 Å². The summed E-state index contributed by atoms with van der Waals surface area (Å²) < 4.78 is 5.11. The van der Waals surface area contributed by atoms with Crippen LogP contribution in [0.1, 0.15) is 6.42 Å². The fraction of sp³-hybridized carbons (Fsp3) is 0.625. The van der Waals surface area contributed by atoms with E-state index in [1.54, 1.807) is 0 Å². The molecule has 0 saturated carbocycles. The van der Waals surface area contributed by atoms with Gasteiger partial charge in [0, 0.05) is 13.0 Å². The normalized spacial score (nSPS) is 23.2. The quantitative estimate of drug-likeness (QED) is 0.577. The summed E-state index contributed by atoms with van der Waals surface area (Å²) in [7, 11) is 0. The lowest BCUT2D eigenvalue weighted by Gasteiger charge is -2.32. The molecule has 0 aliphatic carbocycles. The summed E-state index contributed by atoms with van der Waals surface area (Å²) in [6.07, 6.45) is 4.60. The van der Waals surface area contributed by atoms with Gasteiger partial charge < -0.3 is 9.84 Å². The predicted octanol–water partition coefficient (Wildman–Crippen LogP) is 0.389. The van der Waals surface area contributed by atoms with E-state index in [-0.39, 0.29) is 6.04 Å². The van der Waals surface area contributed by atoms with Crippen molar-refractivity contribution in [1.29, 1.82) is 0 Å². The Bertz CT molecular complexity index is 209. The number of hydrogen-bond acceptors (Lipinski definition) is 2. The van der Waals surface area contributed by atoms with Gasteiger partial charge in [0.25, 0.3) is 0 Å². The molecule has 1 fully saturated rings. The van der Waals surface area contributed by atoms with E-state index in [9.17, 15) is 4.79 Å². The van der Waals surface area contributed by atoms with Crippen LogP contribution in [0, 0.1) is 12.3 Å². The number of morpholine rings is 1. The van der Waals surface area contributed by atoms with Gasteiger partial charge in [0.2, 0.25) is 0 Å². The summed E-state index contributed by atoms with van der Waals surface area (Å²) in [6, 6.07) is -0.166. The number of carbonyl (C=O) groups is 1. The summed E-state index contributed by atoms with van der Waals surface area (Å²) in [4.78, 5) is 12.0. The second kappa shape index (κ2) is 3.98. The SMILES string of the molecule is C#CC[C@H]1COCCN1C(=O)O. The smallest absolute Gasteiger partial charge is 0.407 e. The zero-order valence-corrected chi connectivity index (χ0v) is 6.69. The van der Waals surface area contributed by atoms with Gasteiger partial charge in [-0.1, -0.05) is 0 Å². The number of carboxylic acid groups (broad SMARTS) is 1. The van der Waals surface area contributed by atoms with Crippen molar-refractivity contribution >= 4 is 6.09 Å². The number of amides is 1. The van der Waals surface area contributed by atoms with Crippen LogP contribution in [0.25, 0.3) is 0 Å². The van der Waals surface area contributed by atoms with Crippen LogP contribution in [-0.4, -0.2) is 41.9 Å². The number of hydrogen-bond donors (Lipinski definition) is 1. The number of terminal acetylenes is 1. The molecular formula is C8H11NO3. The van der Waals surface area contributed by atoms with Gasteiger partial charge in [-0.05, 0) is 0 Å². The highest BCUT2D eigenvalue weighted by Crippen LogP contribution is 2.09. The Morgan fingerprint density at radius 1 is 1.83 bits per heavy atom. The Morgan fingerprint density at radius 3 is 3.17 bits per heavy atom. The zero-order chi connectivity index (χ0) is 8.97. The lowest BCUT2D eigenvalue weighted by Crippen LogP contribution is -2.47. The first kappa shape index (κ1) is 8.88. The summed E-state index contributed by atoms with van der Waals surface area (Å²) in [5, 5.41) is 8.74. The number of rotatable bonds is 1. The van der Waals surface area contributed by atoms with Gasteiger partial charge in [-0.2, -0.15) is 0 Å². The molecule has 0 radical (unpaired) electrons. The summed E-state index contributed by atoms with van der Waals surface area (Å²) in [5.74, 6) is 2.44. The summed E-state index contributed by atoms with van der Waals surface area (Å²) >= 11 is 0. The Labute approximate surface area is 71.1 Å². The molecule has 0 aromatic carbocycles. The maximum Gasteiger partial charge on any atom is 0.407 e. The van der Waals surface area contributed by atoms with Crippen LogP contribution in [0.4, 0.5) is 4.79 Å². The van der Waals surface area contributed by atoms with Crippen LogP contribution in [0.3, 0.4) is 0 Å². The topological polar surface area (TPSA) is 49.8 Å². The van der Waals surface area contributed by atoms with Crippen molar-refractivity contribution in [2.45, 2.75) is 12.5 Å². The van der Waals surface area contributed by atoms with Crippen molar-refractivity contribution in [3.63, 3.8) is 0 Å². The van der Waals surface area contributed by atoms with Crippen LogP contribution < -0.4 is 0 Å². The van der Waals surface area contributed by atoms with Crippen LogP contribution in [-0.2, 0) is 4.74 Å². The van der Waals surface area contributed by atoms with Crippen LogP contribution >= 0.6 is 0 Å². The van der Waals surface area contributed by atoms with Crippen molar-refractivity contribution in [1.82, 2.24) is 4.90 Å². The standard InChI is InChI=1S/C8H11NO3/c1-2-3-7-6-12-5-4-9(7)8(10)11/h1,7H,3-6H2,(H,10,11)/t7-/m0/s1. The molecule has 0 aromatic heterocycles. The molecule has 1 aliphatic heterocycles. The molecule has 1 rings (SSSR count). The minimum Gasteiger partial charge on any atom is -0.465 e. The molecule has 1 aliphatic rings. The minimum absolute atomic E-state index is 0.166. The fourth-order valence-electron chi connectivity index (χ4n) is 1.21. The van der Waals surface area contributed by atoms with Crippen LogP contribution in [0.2, 0.25) is 0 Å². The molecule has 0 bridgehead atoms. The first-order valence-electron chi connectivity index (χ1n) is 3.76. The Balaban J connectivity index is 2.55. The van der Waals surface area contributed by atoms with E-state index in [0.717, 1.165) is 0 Å². The van der Waals surface area contributed by atoms with Crippen molar-refractivity contribution in [2.75, 3.05) is 19.8 Å². The van der Waals surface area contributed by atoms with Gasteiger partial charge in [-0.25, -0.2) is 4.79 Å². The van der Waals surface area contributed by atoms with Crippen molar-refractivity contribution < 1.29 is 14.6 Å². The van der Waals surface area contributed by atoms with Gasteiger partial charge in [-0.3, -0.25) is 4.90 Å². The molecule has 1 saturated heterocycles. The van der Waals surface area contributed by atoms with Gasteiger partial charge in [0.15, 0.2) is 0 Å². The molecule has 4 heteroatoms. The largest absolute Gasteiger partial charge is 0.465 e. The van der Waals surface area contributed by atoms with E-state index in [1.807, 2.05) is 0 Å². The van der Waals surface area contributed by atoms with Crippen molar-refractivity contribution in [2.24, 2.45) is 0 Å². The average Bonchev–Trinajstić information content (AvgIpc) is 2.05. The highest BCUT2D eigenvalue weighted by Gasteiger charge is 2.25. The van der Waals surface area contributed by atoms with E-state index < -0.39 is 6.09 Å². The first-order valence-corrected chi connectivity index (χ1v) is 3.76. The summed E-state index contributed by atoms with van der Waals surface area (Å²) in [6.45, 7) is 1.30. The maximum absolute atomic E-state index is 10.6. The van der Waals surface area contributed by atoms with E-state index in [2.05, 4.69) is 5.92 Å². The number of nitrogens with zero attached hydrogens (tertiary/aromatic N) is 1. The molecule has 0 aromatic rings. The van der Waals surface area contributed by atoms with Gasteiger partial charge >= 0.3 is 6.09 Å². The molecule has 0 spiro atoms. The predicted molar refractivity (Wildman–Crippen MR) is 42.8 cm³/mol. The molecule has 4 nitrogen and oxygen atoms in total. The van der Waals surface area contributed by atoms with E-state index in [0.29, 0.717) is 26.2 Å². The lowest BCUT2D eigenvalue weighted by atomic mass is 10.2. The Morgan fingerprint density at radius 2 is 2.58 bits per heavy atom. The Hall–Kier alpha value is -1.21. The molecular weight excluding hydrogens is 158 g/mol. The van der Waals surface area contributed by atoms with E-state index in [4.69, 9.17) is 16.3 Å². The van der Waals surface area contributed by atoms with E-state index in [1.165, 1.54) is 4.90 Å². The second-order valence-corrected chi connectivity index (χ2v) is 2.61. The molecule has 1 N–H and O–H groups in total. The van der Waals surface area contributed by atoms with E-state index >= 15 is 0 Å².